The molecule has 1 aromatic rings. The Balaban J connectivity index is 2.74. The summed E-state index contributed by atoms with van der Waals surface area (Å²) in [5.74, 6) is -0.524. The number of hydrogen-bond donors (Lipinski definition) is 0. The van der Waals surface area contributed by atoms with Gasteiger partial charge in [-0.2, -0.15) is 0 Å². The van der Waals surface area contributed by atoms with E-state index in [-0.39, 0.29) is 6.79 Å². The van der Waals surface area contributed by atoms with Gasteiger partial charge in [-0.15, -0.1) is 0 Å². The molecule has 0 atom stereocenters. The maximum Gasteiger partial charge on any atom is 0.188 e. The molecule has 0 bridgehead atoms. The van der Waals surface area contributed by atoms with Crippen molar-refractivity contribution in [1.82, 2.24) is 0 Å². The largest absolute Gasteiger partial charge is 0.545 e. The minimum absolute atomic E-state index is 0.188. The third kappa shape index (κ3) is 3.74. The predicted molar refractivity (Wildman–Crippen MR) is 57.6 cm³/mol. The van der Waals surface area contributed by atoms with Crippen molar-refractivity contribution in [2.24, 2.45) is 0 Å². The summed E-state index contributed by atoms with van der Waals surface area (Å²) in [7, 11) is 1.54. The highest BCUT2D eigenvalue weighted by Gasteiger charge is 1.97. The lowest BCUT2D eigenvalue weighted by molar-refractivity contribution is -0.297. The molecule has 0 saturated carbocycles. The molecule has 0 unspecified atom stereocenters. The van der Waals surface area contributed by atoms with Gasteiger partial charge in [0.15, 0.2) is 6.79 Å². The zero-order valence-corrected chi connectivity index (χ0v) is 9.23. The Labute approximate surface area is 94.1 Å². The fourth-order valence-electron chi connectivity index (χ4n) is 1.20. The van der Waals surface area contributed by atoms with Gasteiger partial charge in [-0.05, 0) is 36.3 Å². The molecule has 86 valence electrons. The standard InChI is InChI=1S/C12H14O4/c1-9(7-12(13)14)10-3-5-11(6-4-10)16-8-15-2/h3-7H,8H2,1-2H3,(H,13,14)/p-1/b9-7-. The summed E-state index contributed by atoms with van der Waals surface area (Å²) >= 11 is 0. The first-order chi connectivity index (χ1) is 7.63. The molecule has 16 heavy (non-hydrogen) atoms. The van der Waals surface area contributed by atoms with Crippen LogP contribution in [0.25, 0.3) is 5.57 Å². The molecular formula is C12H13O4-. The van der Waals surface area contributed by atoms with Crippen LogP contribution in [-0.4, -0.2) is 19.9 Å². The van der Waals surface area contributed by atoms with E-state index in [1.54, 1.807) is 38.3 Å². The third-order valence-corrected chi connectivity index (χ3v) is 1.99. The Kier molecular flexibility index (Phi) is 4.54. The number of benzene rings is 1. The van der Waals surface area contributed by atoms with Crippen LogP contribution in [0.5, 0.6) is 5.75 Å². The second-order valence-electron chi connectivity index (χ2n) is 3.22. The van der Waals surface area contributed by atoms with Crippen molar-refractivity contribution in [3.05, 3.63) is 35.9 Å². The summed E-state index contributed by atoms with van der Waals surface area (Å²) in [6.07, 6.45) is 1.06. The summed E-state index contributed by atoms with van der Waals surface area (Å²) < 4.78 is 9.96. The van der Waals surface area contributed by atoms with E-state index in [1.807, 2.05) is 0 Å². The molecule has 0 aliphatic heterocycles. The lowest BCUT2D eigenvalue weighted by atomic mass is 10.1. The molecule has 0 saturated heterocycles. The van der Waals surface area contributed by atoms with Crippen LogP contribution in [0.2, 0.25) is 0 Å². The average Bonchev–Trinajstić information content (AvgIpc) is 2.26. The smallest absolute Gasteiger partial charge is 0.188 e. The Bertz CT molecular complexity index is 379. The predicted octanol–water partition coefficient (Wildman–Crippen LogP) is 0.823. The van der Waals surface area contributed by atoms with E-state index in [0.717, 1.165) is 11.6 Å². The van der Waals surface area contributed by atoms with Gasteiger partial charge < -0.3 is 19.4 Å². The van der Waals surface area contributed by atoms with E-state index in [0.29, 0.717) is 11.3 Å². The number of rotatable bonds is 5. The van der Waals surface area contributed by atoms with Crippen molar-refractivity contribution in [3.8, 4) is 5.75 Å². The molecule has 0 radical (unpaired) electrons. The van der Waals surface area contributed by atoms with E-state index >= 15 is 0 Å². The average molecular weight is 221 g/mol. The first-order valence-corrected chi connectivity index (χ1v) is 4.75. The number of hydrogen-bond acceptors (Lipinski definition) is 4. The quantitative estimate of drug-likeness (QED) is 0.545. The summed E-state index contributed by atoms with van der Waals surface area (Å²) in [6, 6.07) is 7.06. The highest BCUT2D eigenvalue weighted by atomic mass is 16.7. The van der Waals surface area contributed by atoms with Crippen LogP contribution in [0.1, 0.15) is 12.5 Å². The van der Waals surface area contributed by atoms with Crippen molar-refractivity contribution in [1.29, 1.82) is 0 Å². The topological polar surface area (TPSA) is 58.6 Å². The van der Waals surface area contributed by atoms with Crippen molar-refractivity contribution >= 4 is 11.5 Å². The van der Waals surface area contributed by atoms with Gasteiger partial charge in [0.25, 0.3) is 0 Å². The minimum atomic E-state index is -1.20. The molecule has 4 heteroatoms. The Morgan fingerprint density at radius 3 is 2.50 bits per heavy atom. The Morgan fingerprint density at radius 2 is 2.00 bits per heavy atom. The van der Waals surface area contributed by atoms with Crippen LogP contribution in [-0.2, 0) is 9.53 Å². The fourth-order valence-corrected chi connectivity index (χ4v) is 1.20. The first-order valence-electron chi connectivity index (χ1n) is 4.75. The summed E-state index contributed by atoms with van der Waals surface area (Å²) in [5, 5.41) is 10.4. The lowest BCUT2D eigenvalue weighted by Crippen LogP contribution is -2.19. The molecule has 0 spiro atoms. The normalized spacial score (nSPS) is 11.2. The zero-order chi connectivity index (χ0) is 12.0. The Hall–Kier alpha value is -1.81. The van der Waals surface area contributed by atoms with Crippen LogP contribution < -0.4 is 9.84 Å². The SMILES string of the molecule is COCOc1ccc(/C(C)=C\C(=O)[O-])cc1. The van der Waals surface area contributed by atoms with E-state index in [9.17, 15) is 9.90 Å². The fraction of sp³-hybridized carbons (Fsp3) is 0.250. The zero-order valence-electron chi connectivity index (χ0n) is 9.23. The third-order valence-electron chi connectivity index (χ3n) is 1.99. The summed E-state index contributed by atoms with van der Waals surface area (Å²) in [5.41, 5.74) is 1.45. The van der Waals surface area contributed by atoms with Gasteiger partial charge in [-0.25, -0.2) is 0 Å². The number of ether oxygens (including phenoxy) is 2. The molecule has 0 aromatic heterocycles. The highest BCUT2D eigenvalue weighted by molar-refractivity contribution is 5.88. The van der Waals surface area contributed by atoms with Gasteiger partial charge in [0.05, 0.1) is 5.97 Å². The van der Waals surface area contributed by atoms with Crippen LogP contribution >= 0.6 is 0 Å². The summed E-state index contributed by atoms with van der Waals surface area (Å²) in [6.45, 7) is 1.90. The number of carboxylic acid groups (broad SMARTS) is 1. The molecular weight excluding hydrogens is 208 g/mol. The van der Waals surface area contributed by atoms with Gasteiger partial charge in [-0.3, -0.25) is 0 Å². The molecule has 0 amide bonds. The van der Waals surface area contributed by atoms with E-state index in [1.165, 1.54) is 0 Å². The van der Waals surface area contributed by atoms with Gasteiger partial charge >= 0.3 is 0 Å². The van der Waals surface area contributed by atoms with Crippen molar-refractivity contribution < 1.29 is 19.4 Å². The molecule has 0 aliphatic rings. The van der Waals surface area contributed by atoms with E-state index < -0.39 is 5.97 Å². The van der Waals surface area contributed by atoms with E-state index in [2.05, 4.69) is 0 Å². The second-order valence-corrected chi connectivity index (χ2v) is 3.22. The molecule has 0 heterocycles. The second kappa shape index (κ2) is 5.92. The van der Waals surface area contributed by atoms with Crippen LogP contribution in [0.3, 0.4) is 0 Å². The maximum absolute atomic E-state index is 10.4. The van der Waals surface area contributed by atoms with Crippen LogP contribution in [0.15, 0.2) is 30.3 Å². The number of carbonyl (C=O) groups is 1. The van der Waals surface area contributed by atoms with Crippen molar-refractivity contribution in [2.75, 3.05) is 13.9 Å². The molecule has 0 fully saturated rings. The number of carbonyl (C=O) groups excluding carboxylic acids is 1. The molecule has 1 aromatic carbocycles. The molecule has 1 rings (SSSR count). The number of carboxylic acids is 1. The maximum atomic E-state index is 10.4. The Morgan fingerprint density at radius 1 is 1.38 bits per heavy atom. The number of aliphatic carboxylic acids is 1. The first kappa shape index (κ1) is 12.3. The molecule has 0 aliphatic carbocycles. The van der Waals surface area contributed by atoms with Crippen molar-refractivity contribution in [3.63, 3.8) is 0 Å². The lowest BCUT2D eigenvalue weighted by Gasteiger charge is -2.06. The van der Waals surface area contributed by atoms with Crippen LogP contribution in [0, 0.1) is 0 Å². The number of allylic oxidation sites excluding steroid dienone is 1. The summed E-state index contributed by atoms with van der Waals surface area (Å²) in [4.78, 5) is 10.4. The monoisotopic (exact) mass is 221 g/mol. The van der Waals surface area contributed by atoms with Crippen molar-refractivity contribution in [2.45, 2.75) is 6.92 Å². The van der Waals surface area contributed by atoms with Gasteiger partial charge in [0.1, 0.15) is 5.75 Å². The molecule has 4 nitrogen and oxygen atoms in total. The van der Waals surface area contributed by atoms with Gasteiger partial charge in [0.2, 0.25) is 0 Å². The van der Waals surface area contributed by atoms with Gasteiger partial charge in [0, 0.05) is 7.11 Å². The minimum Gasteiger partial charge on any atom is -0.545 e. The van der Waals surface area contributed by atoms with Crippen LogP contribution in [0.4, 0.5) is 0 Å². The highest BCUT2D eigenvalue weighted by Crippen LogP contribution is 2.18. The van der Waals surface area contributed by atoms with E-state index in [4.69, 9.17) is 9.47 Å². The van der Waals surface area contributed by atoms with Gasteiger partial charge in [-0.1, -0.05) is 12.1 Å². The molecule has 0 N–H and O–H groups in total. The number of methoxy groups -OCH3 is 1.